The van der Waals surface area contributed by atoms with Crippen molar-refractivity contribution in [3.8, 4) is 5.75 Å². The number of hydrogen-bond acceptors (Lipinski definition) is 7. The van der Waals surface area contributed by atoms with Gasteiger partial charge >= 0.3 is 0 Å². The zero-order valence-corrected chi connectivity index (χ0v) is 17.4. The van der Waals surface area contributed by atoms with Crippen LogP contribution in [0, 0.1) is 0 Å². The third kappa shape index (κ3) is 4.36. The third-order valence-corrected chi connectivity index (χ3v) is 5.46. The minimum atomic E-state index is -1.42. The molecule has 3 aromatic carbocycles. The Bertz CT molecular complexity index is 1280. The lowest BCUT2D eigenvalue weighted by molar-refractivity contribution is -0.295. The summed E-state index contributed by atoms with van der Waals surface area (Å²) in [4.78, 5) is 25.7. The Hall–Kier alpha value is -3.84. The zero-order valence-electron chi connectivity index (χ0n) is 16.6. The maximum atomic E-state index is 13.5. The van der Waals surface area contributed by atoms with Crippen LogP contribution in [0.15, 0.2) is 78.4 Å². The monoisotopic (exact) mass is 429 g/mol. The van der Waals surface area contributed by atoms with Gasteiger partial charge in [-0.2, -0.15) is 8.75 Å². The second kappa shape index (κ2) is 8.89. The molecule has 4 rings (SSSR count). The van der Waals surface area contributed by atoms with Crippen LogP contribution < -0.4 is 9.84 Å². The molecule has 0 saturated heterocycles. The molecule has 0 radical (unpaired) electrons. The number of ketones is 1. The standard InChI is InChI=1S/C24H18N2O4S/c1-30-18-10-7-16(8-11-18)23(27)19(13-15-5-3-2-4-6-15)22(24(28)29)17-9-12-20-21(14-17)26-31-25-20/h2-12,14H,13H2,1H3,(H,28,29)/p-1/b22-19-. The van der Waals surface area contributed by atoms with Gasteiger partial charge in [0, 0.05) is 23.1 Å². The van der Waals surface area contributed by atoms with Crippen LogP contribution in [-0.2, 0) is 11.2 Å². The Morgan fingerprint density at radius 3 is 2.26 bits per heavy atom. The molecule has 0 bridgehead atoms. The Morgan fingerprint density at radius 2 is 1.58 bits per heavy atom. The molecular weight excluding hydrogens is 412 g/mol. The molecule has 0 amide bonds. The van der Waals surface area contributed by atoms with Gasteiger partial charge in [0.15, 0.2) is 5.78 Å². The molecule has 0 fully saturated rings. The first kappa shape index (κ1) is 20.4. The highest BCUT2D eigenvalue weighted by atomic mass is 32.1. The van der Waals surface area contributed by atoms with Gasteiger partial charge in [0.2, 0.25) is 0 Å². The van der Waals surface area contributed by atoms with E-state index in [9.17, 15) is 14.7 Å². The molecule has 154 valence electrons. The van der Waals surface area contributed by atoms with E-state index in [2.05, 4.69) is 8.75 Å². The average Bonchev–Trinajstić information content (AvgIpc) is 3.27. The number of carboxylic acid groups (broad SMARTS) is 1. The molecule has 7 heteroatoms. The number of fused-ring (bicyclic) bond motifs is 1. The summed E-state index contributed by atoms with van der Waals surface area (Å²) in [7, 11) is 1.54. The first-order valence-electron chi connectivity index (χ1n) is 9.46. The van der Waals surface area contributed by atoms with E-state index in [1.807, 2.05) is 30.3 Å². The molecule has 0 spiro atoms. The van der Waals surface area contributed by atoms with Crippen molar-refractivity contribution in [2.45, 2.75) is 6.42 Å². The molecular formula is C24H17N2O4S-. The summed E-state index contributed by atoms with van der Waals surface area (Å²) in [6, 6.07) is 20.8. The number of carboxylic acids is 1. The van der Waals surface area contributed by atoms with E-state index < -0.39 is 5.97 Å². The van der Waals surface area contributed by atoms with Crippen molar-refractivity contribution in [1.82, 2.24) is 8.75 Å². The number of Topliss-reactive ketones (excluding diaryl/α,β-unsaturated/α-hetero) is 1. The quantitative estimate of drug-likeness (QED) is 0.331. The van der Waals surface area contributed by atoms with Crippen molar-refractivity contribution in [2.24, 2.45) is 0 Å². The number of nitrogens with zero attached hydrogens (tertiary/aromatic N) is 2. The summed E-state index contributed by atoms with van der Waals surface area (Å²) in [6.07, 6.45) is 0.141. The molecule has 4 aromatic rings. The van der Waals surface area contributed by atoms with Gasteiger partial charge < -0.3 is 14.6 Å². The molecule has 0 aliphatic carbocycles. The Kier molecular flexibility index (Phi) is 5.86. The summed E-state index contributed by atoms with van der Waals surface area (Å²) in [5.74, 6) is -1.20. The number of methoxy groups -OCH3 is 1. The van der Waals surface area contributed by atoms with Crippen LogP contribution in [-0.4, -0.2) is 27.6 Å². The highest BCUT2D eigenvalue weighted by Gasteiger charge is 2.21. The van der Waals surface area contributed by atoms with E-state index >= 15 is 0 Å². The lowest BCUT2D eigenvalue weighted by atomic mass is 9.89. The van der Waals surface area contributed by atoms with Gasteiger partial charge in [-0.05, 0) is 47.5 Å². The van der Waals surface area contributed by atoms with Crippen molar-refractivity contribution in [2.75, 3.05) is 7.11 Å². The van der Waals surface area contributed by atoms with Crippen LogP contribution in [0.25, 0.3) is 16.6 Å². The fraction of sp³-hybridized carbons (Fsp3) is 0.0833. The number of aromatic nitrogens is 2. The van der Waals surface area contributed by atoms with Gasteiger partial charge in [-0.15, -0.1) is 0 Å². The van der Waals surface area contributed by atoms with Gasteiger partial charge in [0.1, 0.15) is 16.8 Å². The molecule has 0 aliphatic heterocycles. The van der Waals surface area contributed by atoms with Crippen LogP contribution >= 0.6 is 11.7 Å². The van der Waals surface area contributed by atoms with Gasteiger partial charge in [-0.25, -0.2) is 0 Å². The lowest BCUT2D eigenvalue weighted by Gasteiger charge is -2.17. The number of hydrogen-bond donors (Lipinski definition) is 0. The van der Waals surface area contributed by atoms with Gasteiger partial charge in [0.25, 0.3) is 0 Å². The molecule has 31 heavy (non-hydrogen) atoms. The second-order valence-corrected chi connectivity index (χ2v) is 7.36. The van der Waals surface area contributed by atoms with Gasteiger partial charge in [-0.1, -0.05) is 36.4 Å². The van der Waals surface area contributed by atoms with E-state index in [4.69, 9.17) is 4.74 Å². The topological polar surface area (TPSA) is 92.2 Å². The molecule has 6 nitrogen and oxygen atoms in total. The SMILES string of the molecule is COc1ccc(C(=O)/C(Cc2ccccc2)=C(\C(=O)[O-])c2ccc3nsnc3c2)cc1. The number of benzene rings is 3. The number of carbonyl (C=O) groups is 2. The number of allylic oxidation sites excluding steroid dienone is 1. The summed E-state index contributed by atoms with van der Waals surface area (Å²) < 4.78 is 13.5. The molecule has 0 saturated carbocycles. The Balaban J connectivity index is 1.89. The van der Waals surface area contributed by atoms with Crippen molar-refractivity contribution in [3.05, 3.63) is 95.1 Å². The van der Waals surface area contributed by atoms with Crippen LogP contribution in [0.1, 0.15) is 21.5 Å². The van der Waals surface area contributed by atoms with Crippen LogP contribution in [0.3, 0.4) is 0 Å². The first-order chi connectivity index (χ1) is 15.1. The predicted molar refractivity (Wildman–Crippen MR) is 117 cm³/mol. The van der Waals surface area contributed by atoms with Crippen LogP contribution in [0.2, 0.25) is 0 Å². The van der Waals surface area contributed by atoms with Crippen LogP contribution in [0.4, 0.5) is 0 Å². The largest absolute Gasteiger partial charge is 0.545 e. The number of rotatable bonds is 7. The fourth-order valence-corrected chi connectivity index (χ4v) is 3.87. The highest BCUT2D eigenvalue weighted by molar-refractivity contribution is 7.00. The average molecular weight is 429 g/mol. The zero-order chi connectivity index (χ0) is 21.8. The lowest BCUT2D eigenvalue weighted by Crippen LogP contribution is -2.27. The molecule has 1 aromatic heterocycles. The molecule has 0 unspecified atom stereocenters. The molecule has 1 heterocycles. The van der Waals surface area contributed by atoms with Crippen molar-refractivity contribution in [1.29, 1.82) is 0 Å². The summed E-state index contributed by atoms with van der Waals surface area (Å²) >= 11 is 1.04. The number of ether oxygens (including phenoxy) is 1. The smallest absolute Gasteiger partial charge is 0.190 e. The van der Waals surface area contributed by atoms with Crippen molar-refractivity contribution < 1.29 is 19.4 Å². The molecule has 0 atom stereocenters. The maximum Gasteiger partial charge on any atom is 0.190 e. The summed E-state index contributed by atoms with van der Waals surface area (Å²) in [5.41, 5.74) is 2.75. The molecule has 0 N–H and O–H groups in total. The van der Waals surface area contributed by atoms with E-state index in [1.54, 1.807) is 42.5 Å². The predicted octanol–water partition coefficient (Wildman–Crippen LogP) is 3.33. The Morgan fingerprint density at radius 1 is 0.903 bits per heavy atom. The van der Waals surface area contributed by atoms with Crippen LogP contribution in [0.5, 0.6) is 5.75 Å². The minimum absolute atomic E-state index is 0.138. The van der Waals surface area contributed by atoms with E-state index in [-0.39, 0.29) is 23.4 Å². The van der Waals surface area contributed by atoms with E-state index in [0.29, 0.717) is 27.9 Å². The summed E-state index contributed by atoms with van der Waals surface area (Å²) in [5, 5.41) is 12.3. The summed E-state index contributed by atoms with van der Waals surface area (Å²) in [6.45, 7) is 0. The first-order valence-corrected chi connectivity index (χ1v) is 10.2. The van der Waals surface area contributed by atoms with Crippen molar-refractivity contribution in [3.63, 3.8) is 0 Å². The maximum absolute atomic E-state index is 13.5. The normalized spacial score (nSPS) is 11.8. The van der Waals surface area contributed by atoms with E-state index in [0.717, 1.165) is 17.3 Å². The fourth-order valence-electron chi connectivity index (χ4n) is 3.35. The van der Waals surface area contributed by atoms with Crippen molar-refractivity contribution >= 4 is 40.1 Å². The van der Waals surface area contributed by atoms with Gasteiger partial charge in [-0.3, -0.25) is 4.79 Å². The van der Waals surface area contributed by atoms with Gasteiger partial charge in [0.05, 0.1) is 24.8 Å². The number of carbonyl (C=O) groups excluding carboxylic acids is 2. The molecule has 0 aliphatic rings. The Labute approximate surface area is 182 Å². The third-order valence-electron chi connectivity index (χ3n) is 4.90. The number of aliphatic carboxylic acids is 1. The van der Waals surface area contributed by atoms with E-state index in [1.165, 1.54) is 7.11 Å². The second-order valence-electron chi connectivity index (χ2n) is 6.83. The highest BCUT2D eigenvalue weighted by Crippen LogP contribution is 2.27. The minimum Gasteiger partial charge on any atom is -0.545 e.